The minimum Gasteiger partial charge on any atom is -0.374 e. The predicted molar refractivity (Wildman–Crippen MR) is 82.1 cm³/mol. The zero-order valence-electron chi connectivity index (χ0n) is 12.3. The maximum absolute atomic E-state index is 11.6. The third kappa shape index (κ3) is 8.33. The third-order valence-electron chi connectivity index (χ3n) is 2.34. The molecule has 1 atom stereocenters. The molecule has 0 saturated carbocycles. The summed E-state index contributed by atoms with van der Waals surface area (Å²) in [6.07, 6.45) is 0.667. The van der Waals surface area contributed by atoms with E-state index in [0.29, 0.717) is 44.6 Å². The van der Waals surface area contributed by atoms with Crippen LogP contribution < -0.4 is 0 Å². The summed E-state index contributed by atoms with van der Waals surface area (Å²) < 4.78 is 33.9. The smallest absolute Gasteiger partial charge is 0.374 e. The Hall–Kier alpha value is 0.427. The van der Waals surface area contributed by atoms with Crippen molar-refractivity contribution in [3.8, 4) is 0 Å². The highest BCUT2D eigenvalue weighted by Crippen LogP contribution is 2.18. The molecule has 8 heteroatoms. The number of hydrogen-bond acceptors (Lipinski definition) is 6. The van der Waals surface area contributed by atoms with Crippen molar-refractivity contribution in [2.45, 2.75) is 40.2 Å². The highest BCUT2D eigenvalue weighted by molar-refractivity contribution is 8.30. The van der Waals surface area contributed by atoms with E-state index in [0.717, 1.165) is 0 Å². The largest absolute Gasteiger partial charge is 0.501 e. The van der Waals surface area contributed by atoms with Gasteiger partial charge in [-0.05, 0) is 27.2 Å². The Labute approximate surface area is 123 Å². The maximum Gasteiger partial charge on any atom is 0.501 e. The van der Waals surface area contributed by atoms with Crippen molar-refractivity contribution < 1.29 is 21.7 Å². The van der Waals surface area contributed by atoms with Gasteiger partial charge in [-0.25, -0.2) is 4.21 Å². The fourth-order valence-corrected chi connectivity index (χ4v) is 4.88. The molecular weight excluding hydrogens is 304 g/mol. The minimum atomic E-state index is -2.61. The van der Waals surface area contributed by atoms with Crippen LogP contribution in [-0.4, -0.2) is 45.2 Å². The molecule has 1 unspecified atom stereocenters. The van der Waals surface area contributed by atoms with E-state index >= 15 is 0 Å². The molecule has 0 N–H and O–H groups in total. The molecule has 0 aliphatic heterocycles. The lowest BCUT2D eigenvalue weighted by atomic mass is 10.5. The molecular formula is C11H26O5S2Si. The molecule has 0 amide bonds. The second-order valence-electron chi connectivity index (χ2n) is 3.75. The number of hydrogen-bond donors (Lipinski definition) is 0. The van der Waals surface area contributed by atoms with Crippen LogP contribution in [0.2, 0.25) is 6.04 Å². The van der Waals surface area contributed by atoms with Crippen LogP contribution in [0.1, 0.15) is 34.1 Å². The van der Waals surface area contributed by atoms with Crippen LogP contribution in [0.25, 0.3) is 0 Å². The molecule has 0 aromatic carbocycles. The third-order valence-corrected chi connectivity index (χ3v) is 7.72. The summed E-state index contributed by atoms with van der Waals surface area (Å²) >= 11 is 4.83. The average Bonchev–Trinajstić information content (AvgIpc) is 2.36. The van der Waals surface area contributed by atoms with Crippen molar-refractivity contribution in [3.05, 3.63) is 0 Å². The molecule has 116 valence electrons. The summed E-state index contributed by atoms with van der Waals surface area (Å²) in [6.45, 7) is 9.53. The van der Waals surface area contributed by atoms with Crippen LogP contribution in [0, 0.1) is 0 Å². The van der Waals surface area contributed by atoms with Crippen LogP contribution in [0.3, 0.4) is 0 Å². The second-order valence-corrected chi connectivity index (χ2v) is 9.94. The first-order valence-electron chi connectivity index (χ1n) is 6.74. The molecule has 0 rings (SSSR count). The average molecular weight is 331 g/mol. The summed E-state index contributed by atoms with van der Waals surface area (Å²) in [7, 11) is -5.16. The first-order valence-corrected chi connectivity index (χ1v) is 11.2. The van der Waals surface area contributed by atoms with E-state index < -0.39 is 17.6 Å². The Morgan fingerprint density at radius 2 is 1.47 bits per heavy atom. The lowest BCUT2D eigenvalue weighted by molar-refractivity contribution is 0.0698. The molecule has 0 spiro atoms. The van der Waals surface area contributed by atoms with Crippen LogP contribution in [0.5, 0.6) is 0 Å². The highest BCUT2D eigenvalue weighted by Gasteiger charge is 2.39. The van der Waals surface area contributed by atoms with Gasteiger partial charge in [-0.1, -0.05) is 6.92 Å². The van der Waals surface area contributed by atoms with Gasteiger partial charge in [-0.2, -0.15) is 0 Å². The SMILES string of the molecule is CCO[Si](CCCOS(=O)(=S)CC)(OCC)OCC. The zero-order valence-corrected chi connectivity index (χ0v) is 14.9. The van der Waals surface area contributed by atoms with E-state index in [2.05, 4.69) is 0 Å². The summed E-state index contributed by atoms with van der Waals surface area (Å²) in [5, 5.41) is 0. The van der Waals surface area contributed by atoms with E-state index in [-0.39, 0.29) is 0 Å². The zero-order chi connectivity index (χ0) is 14.8. The molecule has 0 fully saturated rings. The summed E-state index contributed by atoms with van der Waals surface area (Å²) in [5.41, 5.74) is 0. The Kier molecular flexibility index (Phi) is 10.4. The van der Waals surface area contributed by atoms with Gasteiger partial charge in [0.05, 0.1) is 6.61 Å². The van der Waals surface area contributed by atoms with Crippen LogP contribution >= 0.6 is 0 Å². The monoisotopic (exact) mass is 330 g/mol. The molecule has 0 aliphatic carbocycles. The van der Waals surface area contributed by atoms with Crippen molar-refractivity contribution in [1.82, 2.24) is 0 Å². The van der Waals surface area contributed by atoms with E-state index in [9.17, 15) is 4.21 Å². The predicted octanol–water partition coefficient (Wildman–Crippen LogP) is 2.12. The first kappa shape index (κ1) is 19.4. The van der Waals surface area contributed by atoms with Gasteiger partial charge in [0.25, 0.3) is 0 Å². The van der Waals surface area contributed by atoms with Crippen molar-refractivity contribution in [2.75, 3.05) is 32.2 Å². The van der Waals surface area contributed by atoms with Crippen molar-refractivity contribution in [2.24, 2.45) is 0 Å². The van der Waals surface area contributed by atoms with E-state index in [1.807, 2.05) is 20.8 Å². The molecule has 0 aliphatic rings. The second kappa shape index (κ2) is 10.2. The Morgan fingerprint density at radius 3 is 1.84 bits per heavy atom. The van der Waals surface area contributed by atoms with E-state index in [1.165, 1.54) is 0 Å². The van der Waals surface area contributed by atoms with Gasteiger partial charge in [-0.15, -0.1) is 0 Å². The molecule has 0 heterocycles. The highest BCUT2D eigenvalue weighted by atomic mass is 32.8. The van der Waals surface area contributed by atoms with Gasteiger partial charge in [0.15, 0.2) is 0 Å². The fraction of sp³-hybridized carbons (Fsp3) is 1.00. The molecule has 19 heavy (non-hydrogen) atoms. The van der Waals surface area contributed by atoms with Crippen LogP contribution in [0.15, 0.2) is 0 Å². The summed E-state index contributed by atoms with van der Waals surface area (Å²) in [5.74, 6) is 0.354. The first-order chi connectivity index (χ1) is 8.95. The normalized spacial score (nSPS) is 15.4. The molecule has 0 bridgehead atoms. The van der Waals surface area contributed by atoms with Gasteiger partial charge >= 0.3 is 8.80 Å². The molecule has 0 aromatic heterocycles. The van der Waals surface area contributed by atoms with Crippen molar-refractivity contribution >= 4 is 28.8 Å². The van der Waals surface area contributed by atoms with Crippen molar-refractivity contribution in [1.29, 1.82) is 0 Å². The van der Waals surface area contributed by atoms with Gasteiger partial charge in [-0.3, -0.25) is 4.18 Å². The van der Waals surface area contributed by atoms with E-state index in [4.69, 9.17) is 28.6 Å². The Balaban J connectivity index is 4.32. The Bertz CT molecular complexity index is 304. The van der Waals surface area contributed by atoms with Crippen LogP contribution in [-0.2, 0) is 37.4 Å². The lowest BCUT2D eigenvalue weighted by Crippen LogP contribution is -2.46. The summed E-state index contributed by atoms with van der Waals surface area (Å²) in [6, 6.07) is 0.650. The lowest BCUT2D eigenvalue weighted by Gasteiger charge is -2.28. The standard InChI is InChI=1S/C11H26O5S2Si/c1-5-14-19(15-6-2,16-7-3)11-9-10-13-18(12,17)8-4/h5-11H2,1-4H3. The minimum absolute atomic E-state index is 0.345. The van der Waals surface area contributed by atoms with Gasteiger partial charge < -0.3 is 13.3 Å². The van der Waals surface area contributed by atoms with Gasteiger partial charge in [0, 0.05) is 42.8 Å². The van der Waals surface area contributed by atoms with E-state index in [1.54, 1.807) is 6.92 Å². The number of rotatable bonds is 12. The maximum atomic E-state index is 11.6. The Morgan fingerprint density at radius 1 is 1.00 bits per heavy atom. The fourth-order valence-electron chi connectivity index (χ4n) is 1.56. The molecule has 0 saturated heterocycles. The van der Waals surface area contributed by atoms with Crippen LogP contribution in [0.4, 0.5) is 0 Å². The van der Waals surface area contributed by atoms with Gasteiger partial charge in [0.2, 0.25) is 0 Å². The molecule has 0 aromatic rings. The summed E-state index contributed by atoms with van der Waals surface area (Å²) in [4.78, 5) is 0. The molecule has 5 nitrogen and oxygen atoms in total. The quantitative estimate of drug-likeness (QED) is 0.403. The topological polar surface area (TPSA) is 54.0 Å². The van der Waals surface area contributed by atoms with Gasteiger partial charge in [0.1, 0.15) is 8.77 Å². The molecule has 0 radical (unpaired) electrons. The van der Waals surface area contributed by atoms with Crippen molar-refractivity contribution in [3.63, 3.8) is 0 Å².